The minimum atomic E-state index is -3.57. The fourth-order valence-electron chi connectivity index (χ4n) is 1.35. The molecule has 0 radical (unpaired) electrons. The van der Waals surface area contributed by atoms with Crippen LogP contribution in [-0.2, 0) is 14.8 Å². The van der Waals surface area contributed by atoms with Gasteiger partial charge in [0.1, 0.15) is 4.90 Å². The highest BCUT2D eigenvalue weighted by atomic mass is 32.2. The van der Waals surface area contributed by atoms with Gasteiger partial charge in [0.05, 0.1) is 12.7 Å². The molecule has 2 rings (SSSR count). The SMILES string of the molecule is O=C1CN(S(=O)(=O)c2cn[nH]c2)CCN1. The lowest BCUT2D eigenvalue weighted by atomic mass is 10.4. The van der Waals surface area contributed by atoms with Crippen LogP contribution in [0.1, 0.15) is 0 Å². The molecule has 1 saturated heterocycles. The van der Waals surface area contributed by atoms with Gasteiger partial charge >= 0.3 is 0 Å². The molecule has 0 aromatic carbocycles. The van der Waals surface area contributed by atoms with Crippen molar-refractivity contribution >= 4 is 15.9 Å². The molecule has 0 saturated carbocycles. The molecule has 1 fully saturated rings. The van der Waals surface area contributed by atoms with Crippen LogP contribution in [0.4, 0.5) is 0 Å². The number of piperazine rings is 1. The van der Waals surface area contributed by atoms with Crippen molar-refractivity contribution in [3.63, 3.8) is 0 Å². The van der Waals surface area contributed by atoms with E-state index in [0.717, 1.165) is 4.31 Å². The molecule has 82 valence electrons. The summed E-state index contributed by atoms with van der Waals surface area (Å²) >= 11 is 0. The summed E-state index contributed by atoms with van der Waals surface area (Å²) in [5.74, 6) is -0.284. The van der Waals surface area contributed by atoms with Crippen LogP contribution in [-0.4, -0.2) is 48.5 Å². The van der Waals surface area contributed by atoms with Gasteiger partial charge in [0.2, 0.25) is 15.9 Å². The van der Waals surface area contributed by atoms with E-state index in [1.807, 2.05) is 0 Å². The van der Waals surface area contributed by atoms with Crippen LogP contribution in [0.15, 0.2) is 17.3 Å². The number of amides is 1. The van der Waals surface area contributed by atoms with Crippen LogP contribution < -0.4 is 5.32 Å². The predicted octanol–water partition coefficient (Wildman–Crippen LogP) is -1.47. The normalized spacial score (nSPS) is 18.8. The highest BCUT2D eigenvalue weighted by Gasteiger charge is 2.29. The second kappa shape index (κ2) is 3.63. The summed E-state index contributed by atoms with van der Waals surface area (Å²) in [5, 5.41) is 8.56. The lowest BCUT2D eigenvalue weighted by Crippen LogP contribution is -2.49. The highest BCUT2D eigenvalue weighted by molar-refractivity contribution is 7.89. The summed E-state index contributed by atoms with van der Waals surface area (Å²) in [7, 11) is -3.57. The Kier molecular flexibility index (Phi) is 2.45. The van der Waals surface area contributed by atoms with Crippen molar-refractivity contribution in [2.45, 2.75) is 4.90 Å². The number of rotatable bonds is 2. The summed E-state index contributed by atoms with van der Waals surface area (Å²) in [6, 6.07) is 0. The van der Waals surface area contributed by atoms with Crippen LogP contribution in [0.25, 0.3) is 0 Å². The molecule has 1 aromatic rings. The zero-order valence-corrected chi connectivity index (χ0v) is 8.62. The number of hydrogen-bond donors (Lipinski definition) is 2. The number of nitrogens with zero attached hydrogens (tertiary/aromatic N) is 2. The monoisotopic (exact) mass is 230 g/mol. The average Bonchev–Trinajstić information content (AvgIpc) is 2.71. The van der Waals surface area contributed by atoms with Gasteiger partial charge in [-0.15, -0.1) is 0 Å². The van der Waals surface area contributed by atoms with E-state index in [4.69, 9.17) is 0 Å². The topological polar surface area (TPSA) is 95.2 Å². The third kappa shape index (κ3) is 1.85. The summed E-state index contributed by atoms with van der Waals surface area (Å²) in [5.41, 5.74) is 0. The molecule has 1 aliphatic rings. The Balaban J connectivity index is 2.26. The van der Waals surface area contributed by atoms with Crippen LogP contribution in [0.3, 0.4) is 0 Å². The average molecular weight is 230 g/mol. The number of H-pyrrole nitrogens is 1. The summed E-state index contributed by atoms with van der Waals surface area (Å²) in [6.07, 6.45) is 2.52. The summed E-state index contributed by atoms with van der Waals surface area (Å²) in [4.78, 5) is 11.1. The molecule has 1 amide bonds. The van der Waals surface area contributed by atoms with Gasteiger partial charge in [-0.05, 0) is 0 Å². The Labute approximate surface area is 86.5 Å². The van der Waals surface area contributed by atoms with Crippen LogP contribution >= 0.6 is 0 Å². The van der Waals surface area contributed by atoms with E-state index in [1.54, 1.807) is 0 Å². The van der Waals surface area contributed by atoms with Gasteiger partial charge in [0.15, 0.2) is 0 Å². The molecule has 1 aromatic heterocycles. The van der Waals surface area contributed by atoms with Crippen molar-refractivity contribution < 1.29 is 13.2 Å². The maximum atomic E-state index is 11.9. The molecular weight excluding hydrogens is 220 g/mol. The largest absolute Gasteiger partial charge is 0.354 e. The molecule has 2 N–H and O–H groups in total. The standard InChI is InChI=1S/C7H10N4O3S/c12-7-5-11(2-1-8-7)15(13,14)6-3-9-10-4-6/h3-4H,1-2,5H2,(H,8,12)(H,9,10). The Morgan fingerprint density at radius 2 is 2.27 bits per heavy atom. The number of nitrogens with one attached hydrogen (secondary N) is 2. The Morgan fingerprint density at radius 3 is 2.87 bits per heavy atom. The van der Waals surface area contributed by atoms with Crippen molar-refractivity contribution in [2.75, 3.05) is 19.6 Å². The van der Waals surface area contributed by atoms with Gasteiger partial charge in [-0.2, -0.15) is 9.40 Å². The molecule has 0 bridgehead atoms. The van der Waals surface area contributed by atoms with E-state index >= 15 is 0 Å². The minimum absolute atomic E-state index is 0.0807. The summed E-state index contributed by atoms with van der Waals surface area (Å²) < 4.78 is 24.9. The first-order chi connectivity index (χ1) is 7.10. The van der Waals surface area contributed by atoms with Gasteiger partial charge in [0.25, 0.3) is 0 Å². The lowest BCUT2D eigenvalue weighted by molar-refractivity contribution is -0.122. The van der Waals surface area contributed by atoms with Crippen molar-refractivity contribution in [3.05, 3.63) is 12.4 Å². The van der Waals surface area contributed by atoms with E-state index in [0.29, 0.717) is 13.1 Å². The minimum Gasteiger partial charge on any atom is -0.354 e. The first-order valence-electron chi connectivity index (χ1n) is 4.36. The maximum Gasteiger partial charge on any atom is 0.246 e. The second-order valence-corrected chi connectivity index (χ2v) is 5.06. The quantitative estimate of drug-likeness (QED) is 0.648. The Morgan fingerprint density at radius 1 is 1.47 bits per heavy atom. The maximum absolute atomic E-state index is 11.9. The van der Waals surface area contributed by atoms with Crippen molar-refractivity contribution in [1.82, 2.24) is 19.8 Å². The molecule has 7 nitrogen and oxygen atoms in total. The fourth-order valence-corrected chi connectivity index (χ4v) is 2.65. The van der Waals surface area contributed by atoms with Gasteiger partial charge in [0, 0.05) is 19.3 Å². The number of aromatic nitrogens is 2. The number of carbonyl (C=O) groups is 1. The zero-order chi connectivity index (χ0) is 10.9. The molecule has 0 spiro atoms. The van der Waals surface area contributed by atoms with Gasteiger partial charge in [-0.1, -0.05) is 0 Å². The molecule has 0 unspecified atom stereocenters. The third-order valence-corrected chi connectivity index (χ3v) is 3.92. The van der Waals surface area contributed by atoms with Gasteiger partial charge in [-0.3, -0.25) is 9.89 Å². The van der Waals surface area contributed by atoms with Gasteiger partial charge < -0.3 is 5.32 Å². The predicted molar refractivity (Wildman–Crippen MR) is 50.4 cm³/mol. The molecular formula is C7H10N4O3S. The van der Waals surface area contributed by atoms with E-state index in [1.165, 1.54) is 12.4 Å². The van der Waals surface area contributed by atoms with Crippen LogP contribution in [0.5, 0.6) is 0 Å². The number of aromatic amines is 1. The van der Waals surface area contributed by atoms with E-state index < -0.39 is 10.0 Å². The zero-order valence-electron chi connectivity index (χ0n) is 7.80. The first-order valence-corrected chi connectivity index (χ1v) is 5.80. The molecule has 1 aliphatic heterocycles. The molecule has 8 heteroatoms. The second-order valence-electron chi connectivity index (χ2n) is 3.12. The third-order valence-electron chi connectivity index (χ3n) is 2.11. The highest BCUT2D eigenvalue weighted by Crippen LogP contribution is 2.13. The van der Waals surface area contributed by atoms with Crippen molar-refractivity contribution in [2.24, 2.45) is 0 Å². The molecule has 2 heterocycles. The smallest absolute Gasteiger partial charge is 0.246 e. The molecule has 15 heavy (non-hydrogen) atoms. The number of hydrogen-bond acceptors (Lipinski definition) is 4. The lowest BCUT2D eigenvalue weighted by Gasteiger charge is -2.25. The van der Waals surface area contributed by atoms with Crippen LogP contribution in [0, 0.1) is 0 Å². The summed E-state index contributed by atoms with van der Waals surface area (Å²) in [6.45, 7) is 0.503. The van der Waals surface area contributed by atoms with Crippen molar-refractivity contribution in [3.8, 4) is 0 Å². The number of sulfonamides is 1. The first kappa shape index (κ1) is 10.1. The van der Waals surface area contributed by atoms with Crippen molar-refractivity contribution in [1.29, 1.82) is 0 Å². The Bertz CT molecular complexity index is 453. The van der Waals surface area contributed by atoms with E-state index in [9.17, 15) is 13.2 Å². The fraction of sp³-hybridized carbons (Fsp3) is 0.429. The van der Waals surface area contributed by atoms with Crippen LogP contribution in [0.2, 0.25) is 0 Å². The number of carbonyl (C=O) groups excluding carboxylic acids is 1. The Hall–Kier alpha value is -1.41. The van der Waals surface area contributed by atoms with Gasteiger partial charge in [-0.25, -0.2) is 8.42 Å². The molecule has 0 atom stereocenters. The molecule has 0 aliphatic carbocycles. The van der Waals surface area contributed by atoms with E-state index in [-0.39, 0.29) is 17.3 Å². The van der Waals surface area contributed by atoms with E-state index in [2.05, 4.69) is 15.5 Å².